The summed E-state index contributed by atoms with van der Waals surface area (Å²) in [6, 6.07) is 0.650. The van der Waals surface area contributed by atoms with E-state index in [-0.39, 0.29) is 35.8 Å². The SMILES string of the molecule is CCN1CCCC1CNC(=NC)NC(C)CCS(C)(=O)=O.I. The van der Waals surface area contributed by atoms with E-state index in [0.29, 0.717) is 12.5 Å². The van der Waals surface area contributed by atoms with Crippen molar-refractivity contribution in [2.45, 2.75) is 45.2 Å². The molecule has 0 radical (unpaired) electrons. The molecule has 1 aliphatic heterocycles. The highest BCUT2D eigenvalue weighted by molar-refractivity contribution is 14.0. The lowest BCUT2D eigenvalue weighted by Gasteiger charge is -2.25. The molecule has 0 aromatic rings. The highest BCUT2D eigenvalue weighted by Gasteiger charge is 2.22. The van der Waals surface area contributed by atoms with E-state index in [4.69, 9.17) is 0 Å². The number of likely N-dealkylation sites (N-methyl/N-ethyl adjacent to an activating group) is 1. The molecule has 1 heterocycles. The highest BCUT2D eigenvalue weighted by atomic mass is 127. The van der Waals surface area contributed by atoms with Gasteiger partial charge in [-0.3, -0.25) is 9.89 Å². The van der Waals surface area contributed by atoms with Gasteiger partial charge in [0.05, 0.1) is 5.75 Å². The van der Waals surface area contributed by atoms with E-state index in [1.807, 2.05) is 6.92 Å². The van der Waals surface area contributed by atoms with Crippen LogP contribution in [0, 0.1) is 0 Å². The topological polar surface area (TPSA) is 73.8 Å². The summed E-state index contributed by atoms with van der Waals surface area (Å²) in [5, 5.41) is 6.60. The Labute approximate surface area is 152 Å². The summed E-state index contributed by atoms with van der Waals surface area (Å²) in [4.78, 5) is 6.69. The molecule has 1 saturated heterocycles. The van der Waals surface area contributed by atoms with E-state index in [1.165, 1.54) is 25.6 Å². The molecule has 22 heavy (non-hydrogen) atoms. The van der Waals surface area contributed by atoms with Crippen molar-refractivity contribution in [2.75, 3.05) is 38.7 Å². The molecule has 2 unspecified atom stereocenters. The van der Waals surface area contributed by atoms with Crippen LogP contribution in [0.4, 0.5) is 0 Å². The molecule has 0 saturated carbocycles. The number of hydrogen-bond donors (Lipinski definition) is 2. The van der Waals surface area contributed by atoms with Crippen molar-refractivity contribution in [3.8, 4) is 0 Å². The maximum atomic E-state index is 11.2. The molecule has 6 nitrogen and oxygen atoms in total. The first-order valence-electron chi connectivity index (χ1n) is 7.74. The van der Waals surface area contributed by atoms with Crippen LogP contribution in [0.5, 0.6) is 0 Å². The second-order valence-corrected chi connectivity index (χ2v) is 8.10. The van der Waals surface area contributed by atoms with Gasteiger partial charge >= 0.3 is 0 Å². The van der Waals surface area contributed by atoms with E-state index in [1.54, 1.807) is 7.05 Å². The van der Waals surface area contributed by atoms with Gasteiger partial charge in [0.25, 0.3) is 0 Å². The zero-order valence-electron chi connectivity index (χ0n) is 14.1. The Balaban J connectivity index is 0.00000441. The van der Waals surface area contributed by atoms with Gasteiger partial charge < -0.3 is 10.6 Å². The Kier molecular flexibility index (Phi) is 10.6. The largest absolute Gasteiger partial charge is 0.355 e. The molecule has 132 valence electrons. The Bertz CT molecular complexity index is 442. The van der Waals surface area contributed by atoms with Crippen molar-refractivity contribution >= 4 is 39.8 Å². The number of rotatable bonds is 7. The number of guanidine groups is 1. The Hall–Kier alpha value is -0.0900. The van der Waals surface area contributed by atoms with Crippen LogP contribution in [0.15, 0.2) is 4.99 Å². The quantitative estimate of drug-likeness (QED) is 0.348. The summed E-state index contributed by atoms with van der Waals surface area (Å²) in [5.41, 5.74) is 0. The van der Waals surface area contributed by atoms with E-state index in [0.717, 1.165) is 19.0 Å². The van der Waals surface area contributed by atoms with Crippen LogP contribution < -0.4 is 10.6 Å². The molecule has 1 aliphatic rings. The first-order chi connectivity index (χ1) is 9.85. The van der Waals surface area contributed by atoms with Crippen LogP contribution in [0.3, 0.4) is 0 Å². The molecule has 0 amide bonds. The van der Waals surface area contributed by atoms with Crippen LogP contribution >= 0.6 is 24.0 Å². The minimum absolute atomic E-state index is 0. The maximum absolute atomic E-state index is 11.2. The minimum atomic E-state index is -2.90. The van der Waals surface area contributed by atoms with Crippen molar-refractivity contribution < 1.29 is 8.42 Å². The zero-order valence-corrected chi connectivity index (χ0v) is 17.3. The van der Waals surface area contributed by atoms with Crippen molar-refractivity contribution in [3.63, 3.8) is 0 Å². The van der Waals surface area contributed by atoms with E-state index >= 15 is 0 Å². The van der Waals surface area contributed by atoms with Gasteiger partial charge in [0.1, 0.15) is 9.84 Å². The number of nitrogens with zero attached hydrogens (tertiary/aromatic N) is 2. The van der Waals surface area contributed by atoms with Gasteiger partial charge in [-0.05, 0) is 39.3 Å². The van der Waals surface area contributed by atoms with Gasteiger partial charge in [0, 0.05) is 31.9 Å². The zero-order chi connectivity index (χ0) is 15.9. The predicted octanol–water partition coefficient (Wildman–Crippen LogP) is 1.08. The van der Waals surface area contributed by atoms with Crippen LogP contribution in [-0.4, -0.2) is 70.1 Å². The summed E-state index contributed by atoms with van der Waals surface area (Å²) in [6.45, 7) is 7.32. The number of halogens is 1. The maximum Gasteiger partial charge on any atom is 0.191 e. The fourth-order valence-electron chi connectivity index (χ4n) is 2.65. The van der Waals surface area contributed by atoms with Crippen LogP contribution in [0.1, 0.15) is 33.1 Å². The Morgan fingerprint density at radius 3 is 2.68 bits per heavy atom. The van der Waals surface area contributed by atoms with Crippen LogP contribution in [-0.2, 0) is 9.84 Å². The summed E-state index contributed by atoms with van der Waals surface area (Å²) in [5.74, 6) is 0.948. The summed E-state index contributed by atoms with van der Waals surface area (Å²) >= 11 is 0. The molecule has 2 atom stereocenters. The van der Waals surface area contributed by atoms with Crippen molar-refractivity contribution in [3.05, 3.63) is 0 Å². The molecular formula is C14H31IN4O2S. The average Bonchev–Trinajstić information content (AvgIpc) is 2.87. The van der Waals surface area contributed by atoms with E-state index in [9.17, 15) is 8.42 Å². The van der Waals surface area contributed by atoms with Gasteiger partial charge in [0.2, 0.25) is 0 Å². The first kappa shape index (κ1) is 21.9. The summed E-state index contributed by atoms with van der Waals surface area (Å²) < 4.78 is 22.4. The summed E-state index contributed by atoms with van der Waals surface area (Å²) in [7, 11) is -1.16. The standard InChI is InChI=1S/C14H30N4O2S.HI/c1-5-18-9-6-7-13(18)11-16-14(15-3)17-12(2)8-10-21(4,19)20;/h12-13H,5-11H2,1-4H3,(H2,15,16,17);1H. The molecule has 2 N–H and O–H groups in total. The smallest absolute Gasteiger partial charge is 0.191 e. The summed E-state index contributed by atoms with van der Waals surface area (Å²) in [6.07, 6.45) is 4.34. The monoisotopic (exact) mass is 446 g/mol. The normalized spacial score (nSPS) is 21.3. The highest BCUT2D eigenvalue weighted by Crippen LogP contribution is 2.15. The van der Waals surface area contributed by atoms with Gasteiger partial charge in [-0.15, -0.1) is 24.0 Å². The number of nitrogens with one attached hydrogen (secondary N) is 2. The molecule has 1 rings (SSSR count). The number of likely N-dealkylation sites (tertiary alicyclic amines) is 1. The molecule has 8 heteroatoms. The van der Waals surface area contributed by atoms with Gasteiger partial charge in [-0.25, -0.2) is 8.42 Å². The fourth-order valence-corrected chi connectivity index (χ4v) is 3.43. The Morgan fingerprint density at radius 2 is 2.14 bits per heavy atom. The minimum Gasteiger partial charge on any atom is -0.355 e. The molecule has 0 aromatic carbocycles. The molecule has 0 spiro atoms. The van der Waals surface area contributed by atoms with Crippen LogP contribution in [0.25, 0.3) is 0 Å². The second kappa shape index (κ2) is 10.6. The fraction of sp³-hybridized carbons (Fsp3) is 0.929. The Morgan fingerprint density at radius 1 is 1.45 bits per heavy atom. The predicted molar refractivity (Wildman–Crippen MR) is 104 cm³/mol. The first-order valence-corrected chi connectivity index (χ1v) is 9.80. The molecular weight excluding hydrogens is 415 g/mol. The van der Waals surface area contributed by atoms with E-state index < -0.39 is 9.84 Å². The molecule has 0 aromatic heterocycles. The number of hydrogen-bond acceptors (Lipinski definition) is 4. The average molecular weight is 446 g/mol. The third kappa shape index (κ3) is 8.52. The van der Waals surface area contributed by atoms with Gasteiger partial charge in [0.15, 0.2) is 5.96 Å². The lowest BCUT2D eigenvalue weighted by molar-refractivity contribution is 0.267. The molecule has 1 fully saturated rings. The third-order valence-electron chi connectivity index (χ3n) is 3.94. The second-order valence-electron chi connectivity index (χ2n) is 5.84. The van der Waals surface area contributed by atoms with Crippen molar-refractivity contribution in [2.24, 2.45) is 4.99 Å². The lowest BCUT2D eigenvalue weighted by Crippen LogP contribution is -2.47. The van der Waals surface area contributed by atoms with E-state index in [2.05, 4.69) is 27.4 Å². The van der Waals surface area contributed by atoms with Gasteiger partial charge in [-0.1, -0.05) is 6.92 Å². The van der Waals surface area contributed by atoms with Crippen molar-refractivity contribution in [1.29, 1.82) is 0 Å². The third-order valence-corrected chi connectivity index (χ3v) is 4.92. The van der Waals surface area contributed by atoms with Crippen molar-refractivity contribution in [1.82, 2.24) is 15.5 Å². The number of sulfone groups is 1. The molecule has 0 bridgehead atoms. The van der Waals surface area contributed by atoms with Crippen LogP contribution in [0.2, 0.25) is 0 Å². The number of aliphatic imine (C=N–C) groups is 1. The lowest BCUT2D eigenvalue weighted by atomic mass is 10.2. The van der Waals surface area contributed by atoms with Gasteiger partial charge in [-0.2, -0.15) is 0 Å². The molecule has 0 aliphatic carbocycles.